The van der Waals surface area contributed by atoms with Gasteiger partial charge >= 0.3 is 39.5 Å². The summed E-state index contributed by atoms with van der Waals surface area (Å²) < 4.78 is 68.4. The Hall–Kier alpha value is -1.94. The fraction of sp³-hybridized carbons (Fsp3) is 0.946. The van der Waals surface area contributed by atoms with E-state index in [1.165, 1.54) is 167 Å². The van der Waals surface area contributed by atoms with Gasteiger partial charge in [0.2, 0.25) is 0 Å². The molecule has 0 amide bonds. The minimum atomic E-state index is -4.95. The number of phosphoric acid groups is 2. The summed E-state index contributed by atoms with van der Waals surface area (Å²) in [6, 6.07) is 0. The topological polar surface area (TPSA) is 237 Å². The molecule has 0 aliphatic heterocycles. The number of ether oxygens (including phenoxy) is 4. The Kier molecular flexibility index (Phi) is 62.2. The van der Waals surface area contributed by atoms with E-state index in [4.69, 9.17) is 37.0 Å². The zero-order valence-corrected chi connectivity index (χ0v) is 62.7. The molecule has 0 aromatic carbocycles. The Bertz CT molecular complexity index is 1840. The van der Waals surface area contributed by atoms with Crippen LogP contribution in [0.3, 0.4) is 0 Å². The smallest absolute Gasteiger partial charge is 0.462 e. The second-order valence-corrected chi connectivity index (χ2v) is 31.3. The molecule has 0 rings (SSSR count). The van der Waals surface area contributed by atoms with Crippen LogP contribution in [0.4, 0.5) is 0 Å². The Balaban J connectivity index is 5.22. The fourth-order valence-corrected chi connectivity index (χ4v) is 12.7. The Morgan fingerprint density at radius 1 is 0.301 bits per heavy atom. The molecule has 6 atom stereocenters. The van der Waals surface area contributed by atoms with Gasteiger partial charge in [0, 0.05) is 25.7 Å². The minimum absolute atomic E-state index is 0.105. The molecule has 19 heteroatoms. The molecule has 552 valence electrons. The molecule has 0 saturated carbocycles. The monoisotopic (exact) mass is 1370 g/mol. The van der Waals surface area contributed by atoms with E-state index in [1.54, 1.807) is 0 Å². The van der Waals surface area contributed by atoms with Crippen molar-refractivity contribution in [2.45, 2.75) is 388 Å². The summed E-state index contributed by atoms with van der Waals surface area (Å²) in [5.74, 6) is 0.902. The highest BCUT2D eigenvalue weighted by molar-refractivity contribution is 7.47. The highest BCUT2D eigenvalue weighted by atomic mass is 31.2. The molecule has 0 spiro atoms. The van der Waals surface area contributed by atoms with E-state index in [0.717, 1.165) is 114 Å². The van der Waals surface area contributed by atoms with Gasteiger partial charge < -0.3 is 33.8 Å². The number of esters is 4. The first-order chi connectivity index (χ1) is 44.6. The number of phosphoric ester groups is 2. The molecule has 4 unspecified atom stereocenters. The lowest BCUT2D eigenvalue weighted by atomic mass is 9.99. The van der Waals surface area contributed by atoms with Crippen molar-refractivity contribution in [3.63, 3.8) is 0 Å². The van der Waals surface area contributed by atoms with E-state index in [-0.39, 0.29) is 25.7 Å². The van der Waals surface area contributed by atoms with Crippen molar-refractivity contribution in [1.29, 1.82) is 0 Å². The molecule has 0 aromatic heterocycles. The number of aliphatic hydroxyl groups excluding tert-OH is 1. The molecule has 0 radical (unpaired) electrons. The summed E-state index contributed by atoms with van der Waals surface area (Å²) in [6.07, 6.45) is 47.3. The number of carbonyl (C=O) groups is 4. The third-order valence-electron chi connectivity index (χ3n) is 17.4. The summed E-state index contributed by atoms with van der Waals surface area (Å²) >= 11 is 0. The third kappa shape index (κ3) is 67.0. The molecule has 0 bridgehead atoms. The van der Waals surface area contributed by atoms with Crippen LogP contribution in [-0.4, -0.2) is 96.7 Å². The lowest BCUT2D eigenvalue weighted by molar-refractivity contribution is -0.161. The largest absolute Gasteiger partial charge is 0.472 e. The maximum atomic E-state index is 13.0. The number of hydrogen-bond donors (Lipinski definition) is 3. The lowest BCUT2D eigenvalue weighted by Crippen LogP contribution is -2.30. The van der Waals surface area contributed by atoms with E-state index in [0.29, 0.717) is 31.6 Å². The molecular weight excluding hydrogens is 1220 g/mol. The maximum Gasteiger partial charge on any atom is 0.472 e. The number of carbonyl (C=O) groups excluding carboxylic acids is 4. The van der Waals surface area contributed by atoms with E-state index in [9.17, 15) is 43.2 Å². The molecule has 0 aliphatic carbocycles. The number of aliphatic hydroxyl groups is 1. The Labute approximate surface area is 568 Å². The zero-order valence-electron chi connectivity index (χ0n) is 60.9. The summed E-state index contributed by atoms with van der Waals surface area (Å²) in [7, 11) is -9.91. The average Bonchev–Trinajstić information content (AvgIpc) is 2.35. The summed E-state index contributed by atoms with van der Waals surface area (Å²) in [5.41, 5.74) is 0. The zero-order chi connectivity index (χ0) is 68.9. The molecule has 3 N–H and O–H groups in total. The van der Waals surface area contributed by atoms with Crippen molar-refractivity contribution in [1.82, 2.24) is 0 Å². The van der Waals surface area contributed by atoms with Crippen LogP contribution in [-0.2, 0) is 65.4 Å². The van der Waals surface area contributed by atoms with Crippen molar-refractivity contribution in [2.24, 2.45) is 23.7 Å². The fourth-order valence-electron chi connectivity index (χ4n) is 11.2. The van der Waals surface area contributed by atoms with Crippen molar-refractivity contribution in [2.75, 3.05) is 39.6 Å². The predicted octanol–water partition coefficient (Wildman–Crippen LogP) is 21.3. The van der Waals surface area contributed by atoms with Crippen LogP contribution < -0.4 is 0 Å². The minimum Gasteiger partial charge on any atom is -0.462 e. The average molecular weight is 1370 g/mol. The van der Waals surface area contributed by atoms with Gasteiger partial charge in [0.1, 0.15) is 19.3 Å². The van der Waals surface area contributed by atoms with Gasteiger partial charge in [-0.15, -0.1) is 0 Å². The van der Waals surface area contributed by atoms with Gasteiger partial charge in [0.05, 0.1) is 26.4 Å². The molecule has 0 aromatic rings. The van der Waals surface area contributed by atoms with E-state index in [2.05, 4.69) is 55.4 Å². The van der Waals surface area contributed by atoms with Gasteiger partial charge in [-0.05, 0) is 49.4 Å². The van der Waals surface area contributed by atoms with Crippen LogP contribution in [0.25, 0.3) is 0 Å². The molecular formula is C74H144O17P2. The van der Waals surface area contributed by atoms with Crippen molar-refractivity contribution in [3.8, 4) is 0 Å². The first-order valence-electron chi connectivity index (χ1n) is 38.2. The molecule has 0 fully saturated rings. The van der Waals surface area contributed by atoms with Crippen LogP contribution >= 0.6 is 15.6 Å². The lowest BCUT2D eigenvalue weighted by Gasteiger charge is -2.21. The van der Waals surface area contributed by atoms with Crippen LogP contribution in [0.5, 0.6) is 0 Å². The number of rotatable bonds is 71. The van der Waals surface area contributed by atoms with Gasteiger partial charge in [-0.2, -0.15) is 0 Å². The number of hydrogen-bond acceptors (Lipinski definition) is 15. The number of unbranched alkanes of at least 4 members (excludes halogenated alkanes) is 36. The van der Waals surface area contributed by atoms with Crippen LogP contribution in [0.1, 0.15) is 370 Å². The first kappa shape index (κ1) is 91.1. The normalized spacial score (nSPS) is 14.5. The Morgan fingerprint density at radius 2 is 0.516 bits per heavy atom. The molecule has 0 saturated heterocycles. The van der Waals surface area contributed by atoms with Crippen LogP contribution in [0.15, 0.2) is 0 Å². The van der Waals surface area contributed by atoms with Gasteiger partial charge in [0.25, 0.3) is 0 Å². The summed E-state index contributed by atoms with van der Waals surface area (Å²) in [4.78, 5) is 72.7. The Morgan fingerprint density at radius 3 is 0.763 bits per heavy atom. The van der Waals surface area contributed by atoms with Gasteiger partial charge in [-0.25, -0.2) is 9.13 Å². The van der Waals surface area contributed by atoms with Crippen molar-refractivity contribution >= 4 is 39.5 Å². The van der Waals surface area contributed by atoms with E-state index >= 15 is 0 Å². The SMILES string of the molecule is CCC(C)CCCCCCCCCCCCC(=O)OC[C@H](COP(=O)(O)OCC(O)COP(=O)(O)OC[C@@H](COC(=O)CCCCCCCCC(C)C)OC(=O)CCCCCCCCCCCCCCCCCC(C)C)OC(=O)CCCCCCCCCCCC(C)C. The van der Waals surface area contributed by atoms with Crippen LogP contribution in [0, 0.1) is 23.7 Å². The van der Waals surface area contributed by atoms with Gasteiger partial charge in [-0.1, -0.05) is 319 Å². The highest BCUT2D eigenvalue weighted by Gasteiger charge is 2.30. The second kappa shape index (κ2) is 63.5. The predicted molar refractivity (Wildman–Crippen MR) is 377 cm³/mol. The van der Waals surface area contributed by atoms with Gasteiger partial charge in [-0.3, -0.25) is 37.3 Å². The first-order valence-corrected chi connectivity index (χ1v) is 41.2. The molecule has 93 heavy (non-hydrogen) atoms. The molecule has 17 nitrogen and oxygen atoms in total. The summed E-state index contributed by atoms with van der Waals surface area (Å²) in [6.45, 7) is 14.1. The standard InChI is InChI=1S/C74H144O17P2/c1-9-67(8)53-45-37-28-22-17-18-23-29-38-46-54-71(76)84-60-69(90-74(79)57-49-41-31-25-19-21-27-35-43-51-65(4)5)62-88-92(80,81)86-58-68(75)59-87-93(82,83)89-63-70(61-85-72(77)55-47-39-33-32-36-44-52-66(6)7)91-73(78)56-48-40-30-24-16-14-12-10-11-13-15-20-26-34-42-50-64(2)3/h64-70,75H,9-63H2,1-8H3,(H,80,81)(H,82,83)/t67?,68?,69-,70-/m1/s1. The van der Waals surface area contributed by atoms with E-state index < -0.39 is 97.5 Å². The van der Waals surface area contributed by atoms with Crippen molar-refractivity contribution < 1.29 is 80.2 Å². The van der Waals surface area contributed by atoms with Crippen LogP contribution in [0.2, 0.25) is 0 Å². The second-order valence-electron chi connectivity index (χ2n) is 28.4. The maximum absolute atomic E-state index is 13.0. The molecule has 0 aliphatic rings. The summed E-state index contributed by atoms with van der Waals surface area (Å²) in [5, 5.41) is 10.6. The quantitative estimate of drug-likeness (QED) is 0.0222. The highest BCUT2D eigenvalue weighted by Crippen LogP contribution is 2.45. The van der Waals surface area contributed by atoms with Gasteiger partial charge in [0.15, 0.2) is 12.2 Å². The van der Waals surface area contributed by atoms with Crippen molar-refractivity contribution in [3.05, 3.63) is 0 Å². The third-order valence-corrected chi connectivity index (χ3v) is 19.3. The van der Waals surface area contributed by atoms with E-state index in [1.807, 2.05) is 0 Å². The molecule has 0 heterocycles.